The molecular weight excluding hydrogens is 322 g/mol. The highest BCUT2D eigenvalue weighted by Gasteiger charge is 2.31. The lowest BCUT2D eigenvalue weighted by Gasteiger charge is -2.28. The molecule has 2 N–H and O–H groups in total. The van der Waals surface area contributed by atoms with E-state index in [1.807, 2.05) is 0 Å². The summed E-state index contributed by atoms with van der Waals surface area (Å²) in [7, 11) is 1.58. The van der Waals surface area contributed by atoms with Crippen LogP contribution in [0.25, 0.3) is 0 Å². The number of benzene rings is 1. The highest BCUT2D eigenvalue weighted by molar-refractivity contribution is 5.82. The summed E-state index contributed by atoms with van der Waals surface area (Å²) in [6, 6.07) is 6.65. The lowest BCUT2D eigenvalue weighted by Crippen LogP contribution is -2.48. The van der Waals surface area contributed by atoms with E-state index in [2.05, 4.69) is 5.32 Å². The second-order valence-corrected chi connectivity index (χ2v) is 6.49. The Balaban J connectivity index is 1.95. The molecule has 0 saturated heterocycles. The minimum atomic E-state index is -0.837. The number of rotatable bonds is 6. The third-order valence-corrected chi connectivity index (χ3v) is 4.65. The Morgan fingerprint density at radius 2 is 1.68 bits per heavy atom. The fraction of sp³-hybridized carbons (Fsp3) is 0.579. The van der Waals surface area contributed by atoms with Gasteiger partial charge in [-0.25, -0.2) is 0 Å². The van der Waals surface area contributed by atoms with Gasteiger partial charge in [-0.05, 0) is 44.0 Å². The van der Waals surface area contributed by atoms with Gasteiger partial charge in [0.1, 0.15) is 11.5 Å². The summed E-state index contributed by atoms with van der Waals surface area (Å²) >= 11 is 0. The largest absolute Gasteiger partial charge is 0.497 e. The van der Waals surface area contributed by atoms with Crippen molar-refractivity contribution in [2.24, 2.45) is 5.92 Å². The summed E-state index contributed by atoms with van der Waals surface area (Å²) < 4.78 is 10.7. The Hall–Kier alpha value is -2.24. The van der Waals surface area contributed by atoms with Gasteiger partial charge in [-0.2, -0.15) is 0 Å². The van der Waals surface area contributed by atoms with Crippen molar-refractivity contribution >= 4 is 11.9 Å². The Morgan fingerprint density at radius 3 is 2.28 bits per heavy atom. The molecule has 1 saturated carbocycles. The number of amides is 1. The number of ether oxygens (including phenoxy) is 2. The van der Waals surface area contributed by atoms with Crippen molar-refractivity contribution < 1.29 is 24.2 Å². The summed E-state index contributed by atoms with van der Waals surface area (Å²) in [5.74, 6) is -0.375. The maximum Gasteiger partial charge on any atom is 0.308 e. The predicted octanol–water partition coefficient (Wildman–Crippen LogP) is 3.00. The summed E-state index contributed by atoms with van der Waals surface area (Å²) in [4.78, 5) is 24.0. The van der Waals surface area contributed by atoms with Crippen LogP contribution in [0.3, 0.4) is 0 Å². The average molecular weight is 349 g/mol. The standard InChI is InChI=1S/C19H27NO5/c1-13(25-15-11-9-14(24-2)10-12-15)18(21)20-17-8-6-4-3-5-7-16(17)19(22)23/h9-13,16-17H,3-8H2,1-2H3,(H,20,21)(H,22,23). The van der Waals surface area contributed by atoms with E-state index < -0.39 is 18.0 Å². The molecule has 1 aliphatic carbocycles. The molecule has 0 aliphatic heterocycles. The molecule has 1 aliphatic rings. The molecule has 0 aromatic heterocycles. The van der Waals surface area contributed by atoms with Crippen LogP contribution in [0.2, 0.25) is 0 Å². The van der Waals surface area contributed by atoms with E-state index in [4.69, 9.17) is 9.47 Å². The third-order valence-electron chi connectivity index (χ3n) is 4.65. The van der Waals surface area contributed by atoms with Crippen molar-refractivity contribution in [1.82, 2.24) is 5.32 Å². The first-order valence-electron chi connectivity index (χ1n) is 8.85. The van der Waals surface area contributed by atoms with Gasteiger partial charge in [0.05, 0.1) is 13.0 Å². The molecule has 2 rings (SSSR count). The van der Waals surface area contributed by atoms with Gasteiger partial charge in [-0.15, -0.1) is 0 Å². The second kappa shape index (κ2) is 9.30. The molecule has 0 radical (unpaired) electrons. The molecule has 0 spiro atoms. The number of carboxylic acid groups (broad SMARTS) is 1. The van der Waals surface area contributed by atoms with Gasteiger partial charge >= 0.3 is 5.97 Å². The number of nitrogens with one attached hydrogen (secondary N) is 1. The maximum absolute atomic E-state index is 12.5. The molecule has 3 unspecified atom stereocenters. The van der Waals surface area contributed by atoms with Crippen LogP contribution >= 0.6 is 0 Å². The van der Waals surface area contributed by atoms with Crippen molar-refractivity contribution in [3.63, 3.8) is 0 Å². The van der Waals surface area contributed by atoms with E-state index in [9.17, 15) is 14.7 Å². The Morgan fingerprint density at radius 1 is 1.08 bits per heavy atom. The van der Waals surface area contributed by atoms with E-state index in [0.29, 0.717) is 24.3 Å². The van der Waals surface area contributed by atoms with E-state index in [-0.39, 0.29) is 11.9 Å². The van der Waals surface area contributed by atoms with E-state index in [1.54, 1.807) is 38.3 Å². The Bertz CT molecular complexity index is 572. The number of hydrogen-bond acceptors (Lipinski definition) is 4. The fourth-order valence-corrected chi connectivity index (χ4v) is 3.16. The molecule has 25 heavy (non-hydrogen) atoms. The molecule has 1 aromatic carbocycles. The van der Waals surface area contributed by atoms with Gasteiger partial charge in [-0.3, -0.25) is 9.59 Å². The van der Waals surface area contributed by atoms with Crippen molar-refractivity contribution in [3.05, 3.63) is 24.3 Å². The maximum atomic E-state index is 12.5. The van der Waals surface area contributed by atoms with Crippen LogP contribution in [-0.4, -0.2) is 36.2 Å². The molecule has 6 nitrogen and oxygen atoms in total. The number of carbonyl (C=O) groups is 2. The third kappa shape index (κ3) is 5.66. The molecule has 1 aromatic rings. The molecule has 1 fully saturated rings. The minimum Gasteiger partial charge on any atom is -0.497 e. The first-order valence-corrected chi connectivity index (χ1v) is 8.85. The van der Waals surface area contributed by atoms with Gasteiger partial charge < -0.3 is 19.9 Å². The smallest absolute Gasteiger partial charge is 0.308 e. The highest BCUT2D eigenvalue weighted by Crippen LogP contribution is 2.24. The summed E-state index contributed by atoms with van der Waals surface area (Å²) in [5.41, 5.74) is 0. The van der Waals surface area contributed by atoms with Gasteiger partial charge in [-0.1, -0.05) is 25.7 Å². The summed E-state index contributed by atoms with van der Waals surface area (Å²) in [6.45, 7) is 1.66. The molecule has 0 heterocycles. The molecule has 138 valence electrons. The first kappa shape index (κ1) is 19.1. The van der Waals surface area contributed by atoms with Gasteiger partial charge in [0.15, 0.2) is 6.10 Å². The minimum absolute atomic E-state index is 0.285. The zero-order valence-electron chi connectivity index (χ0n) is 14.9. The SMILES string of the molecule is COc1ccc(OC(C)C(=O)NC2CCCCCCC2C(=O)O)cc1. The van der Waals surface area contributed by atoms with Crippen LogP contribution in [0.4, 0.5) is 0 Å². The zero-order chi connectivity index (χ0) is 18.2. The Labute approximate surface area is 148 Å². The average Bonchev–Trinajstić information content (AvgIpc) is 2.57. The summed E-state index contributed by atoms with van der Waals surface area (Å²) in [5, 5.41) is 12.4. The predicted molar refractivity (Wildman–Crippen MR) is 93.8 cm³/mol. The number of methoxy groups -OCH3 is 1. The molecule has 1 amide bonds. The highest BCUT2D eigenvalue weighted by atomic mass is 16.5. The van der Waals surface area contributed by atoms with E-state index >= 15 is 0 Å². The monoisotopic (exact) mass is 349 g/mol. The molecule has 3 atom stereocenters. The molecule has 6 heteroatoms. The van der Waals surface area contributed by atoms with Gasteiger partial charge in [0.25, 0.3) is 5.91 Å². The molecule has 0 bridgehead atoms. The van der Waals surface area contributed by atoms with Gasteiger partial charge in [0.2, 0.25) is 0 Å². The number of hydrogen-bond donors (Lipinski definition) is 2. The van der Waals surface area contributed by atoms with Gasteiger partial charge in [0, 0.05) is 6.04 Å². The van der Waals surface area contributed by atoms with Crippen molar-refractivity contribution in [2.45, 2.75) is 57.6 Å². The van der Waals surface area contributed by atoms with Crippen LogP contribution in [-0.2, 0) is 9.59 Å². The summed E-state index contributed by atoms with van der Waals surface area (Å²) in [6.07, 6.45) is 4.56. The van der Waals surface area contributed by atoms with Crippen molar-refractivity contribution in [2.75, 3.05) is 7.11 Å². The van der Waals surface area contributed by atoms with Crippen molar-refractivity contribution in [1.29, 1.82) is 0 Å². The normalized spacial score (nSPS) is 22.2. The molecular formula is C19H27NO5. The first-order chi connectivity index (χ1) is 12.0. The lowest BCUT2D eigenvalue weighted by atomic mass is 9.86. The Kier molecular flexibility index (Phi) is 7.10. The number of aliphatic carboxylic acids is 1. The van der Waals surface area contributed by atoms with Crippen LogP contribution in [0, 0.1) is 5.92 Å². The lowest BCUT2D eigenvalue weighted by molar-refractivity contribution is -0.144. The quantitative estimate of drug-likeness (QED) is 0.825. The van der Waals surface area contributed by atoms with E-state index in [1.165, 1.54) is 0 Å². The van der Waals surface area contributed by atoms with Crippen LogP contribution in [0.5, 0.6) is 11.5 Å². The topological polar surface area (TPSA) is 84.9 Å². The second-order valence-electron chi connectivity index (χ2n) is 6.49. The number of carbonyl (C=O) groups excluding carboxylic acids is 1. The van der Waals surface area contributed by atoms with Crippen LogP contribution in [0.15, 0.2) is 24.3 Å². The van der Waals surface area contributed by atoms with Crippen LogP contribution < -0.4 is 14.8 Å². The van der Waals surface area contributed by atoms with E-state index in [0.717, 1.165) is 25.7 Å². The fourth-order valence-electron chi connectivity index (χ4n) is 3.16. The van der Waals surface area contributed by atoms with Crippen LogP contribution in [0.1, 0.15) is 45.4 Å². The van der Waals surface area contributed by atoms with Crippen molar-refractivity contribution in [3.8, 4) is 11.5 Å². The zero-order valence-corrected chi connectivity index (χ0v) is 14.9. The number of carboxylic acids is 1.